The Balaban J connectivity index is 1.94. The van der Waals surface area contributed by atoms with Gasteiger partial charge in [-0.05, 0) is 11.6 Å². The standard InChI is InChI=1S/C20H15N3O2/c24-23(25)17-11-12-18-19(13-17)22(14-15-7-3-1-4-8-15)20(21-18)16-9-5-2-6-10-16/h1-13H,14H2. The summed E-state index contributed by atoms with van der Waals surface area (Å²) in [6, 6.07) is 24.7. The van der Waals surface area contributed by atoms with Crippen LogP contribution in [0.2, 0.25) is 0 Å². The molecule has 0 aliphatic heterocycles. The Morgan fingerprint density at radius 3 is 2.28 bits per heavy atom. The summed E-state index contributed by atoms with van der Waals surface area (Å²) >= 11 is 0. The molecular weight excluding hydrogens is 314 g/mol. The van der Waals surface area contributed by atoms with Crippen LogP contribution in [0.4, 0.5) is 5.69 Å². The van der Waals surface area contributed by atoms with E-state index in [1.54, 1.807) is 12.1 Å². The van der Waals surface area contributed by atoms with Crippen LogP contribution in [0, 0.1) is 10.1 Å². The van der Waals surface area contributed by atoms with Gasteiger partial charge in [-0.1, -0.05) is 60.7 Å². The van der Waals surface area contributed by atoms with Crippen molar-refractivity contribution in [2.24, 2.45) is 0 Å². The number of fused-ring (bicyclic) bond motifs is 1. The number of imidazole rings is 1. The van der Waals surface area contributed by atoms with Gasteiger partial charge in [0.15, 0.2) is 0 Å². The summed E-state index contributed by atoms with van der Waals surface area (Å²) in [5, 5.41) is 11.2. The number of aromatic nitrogens is 2. The molecule has 0 radical (unpaired) electrons. The quantitative estimate of drug-likeness (QED) is 0.404. The number of rotatable bonds is 4. The lowest BCUT2D eigenvalue weighted by atomic mass is 10.2. The molecule has 1 heterocycles. The van der Waals surface area contributed by atoms with Crippen LogP contribution in [0.25, 0.3) is 22.4 Å². The van der Waals surface area contributed by atoms with Crippen LogP contribution in [-0.2, 0) is 6.54 Å². The Morgan fingerprint density at radius 2 is 1.60 bits per heavy atom. The van der Waals surface area contributed by atoms with E-state index in [-0.39, 0.29) is 10.6 Å². The number of nitro groups is 1. The van der Waals surface area contributed by atoms with Crippen LogP contribution in [0.3, 0.4) is 0 Å². The molecule has 5 heteroatoms. The zero-order valence-electron chi connectivity index (χ0n) is 13.4. The highest BCUT2D eigenvalue weighted by Gasteiger charge is 2.16. The van der Waals surface area contributed by atoms with Crippen molar-refractivity contribution in [3.05, 3.63) is 94.5 Å². The molecule has 25 heavy (non-hydrogen) atoms. The molecule has 3 aromatic carbocycles. The fraction of sp³-hybridized carbons (Fsp3) is 0.0500. The SMILES string of the molecule is O=[N+]([O-])c1ccc2nc(-c3ccccc3)n(Cc3ccccc3)c2c1. The third-order valence-electron chi connectivity index (χ3n) is 4.16. The zero-order valence-corrected chi connectivity index (χ0v) is 13.4. The first kappa shape index (κ1) is 15.1. The summed E-state index contributed by atoms with van der Waals surface area (Å²) < 4.78 is 2.03. The molecule has 0 bridgehead atoms. The van der Waals surface area contributed by atoms with Crippen molar-refractivity contribution in [3.8, 4) is 11.4 Å². The number of non-ortho nitro benzene ring substituents is 1. The molecular formula is C20H15N3O2. The van der Waals surface area contributed by atoms with Gasteiger partial charge in [0, 0.05) is 24.2 Å². The van der Waals surface area contributed by atoms with Crippen molar-refractivity contribution >= 4 is 16.7 Å². The average Bonchev–Trinajstić information content (AvgIpc) is 3.01. The first-order chi connectivity index (χ1) is 12.2. The van der Waals surface area contributed by atoms with Gasteiger partial charge in [0.2, 0.25) is 0 Å². The van der Waals surface area contributed by atoms with E-state index in [1.807, 2.05) is 65.2 Å². The normalized spacial score (nSPS) is 10.9. The van der Waals surface area contributed by atoms with Gasteiger partial charge >= 0.3 is 0 Å². The van der Waals surface area contributed by atoms with Crippen LogP contribution >= 0.6 is 0 Å². The fourth-order valence-corrected chi connectivity index (χ4v) is 2.96. The van der Waals surface area contributed by atoms with E-state index >= 15 is 0 Å². The Bertz CT molecular complexity index is 1040. The van der Waals surface area contributed by atoms with E-state index in [2.05, 4.69) is 0 Å². The summed E-state index contributed by atoms with van der Waals surface area (Å²) in [4.78, 5) is 15.5. The van der Waals surface area contributed by atoms with Gasteiger partial charge in [-0.25, -0.2) is 4.98 Å². The van der Waals surface area contributed by atoms with Crippen molar-refractivity contribution in [3.63, 3.8) is 0 Å². The van der Waals surface area contributed by atoms with Gasteiger partial charge in [-0.2, -0.15) is 0 Å². The van der Waals surface area contributed by atoms with Gasteiger partial charge in [0.05, 0.1) is 16.0 Å². The van der Waals surface area contributed by atoms with E-state index in [0.717, 1.165) is 28.0 Å². The minimum atomic E-state index is -0.374. The largest absolute Gasteiger partial charge is 0.319 e. The Morgan fingerprint density at radius 1 is 0.920 bits per heavy atom. The maximum atomic E-state index is 11.2. The first-order valence-electron chi connectivity index (χ1n) is 7.96. The maximum absolute atomic E-state index is 11.2. The molecule has 0 fully saturated rings. The molecule has 0 N–H and O–H groups in total. The molecule has 0 saturated carbocycles. The lowest BCUT2D eigenvalue weighted by Gasteiger charge is -2.09. The Kier molecular flexibility index (Phi) is 3.74. The summed E-state index contributed by atoms with van der Waals surface area (Å²) in [7, 11) is 0. The van der Waals surface area contributed by atoms with Crippen molar-refractivity contribution in [1.82, 2.24) is 9.55 Å². The summed E-state index contributed by atoms with van der Waals surface area (Å²) in [5.74, 6) is 0.806. The number of nitro benzene ring substituents is 1. The van der Waals surface area contributed by atoms with Crippen molar-refractivity contribution in [2.45, 2.75) is 6.54 Å². The Hall–Kier alpha value is -3.47. The van der Waals surface area contributed by atoms with E-state index in [0.29, 0.717) is 6.54 Å². The highest BCUT2D eigenvalue weighted by molar-refractivity contribution is 5.83. The predicted molar refractivity (Wildman–Crippen MR) is 97.4 cm³/mol. The smallest absolute Gasteiger partial charge is 0.271 e. The van der Waals surface area contributed by atoms with Crippen LogP contribution in [0.5, 0.6) is 0 Å². The molecule has 0 aliphatic rings. The van der Waals surface area contributed by atoms with Gasteiger partial charge in [0.1, 0.15) is 5.82 Å². The fourth-order valence-electron chi connectivity index (χ4n) is 2.96. The van der Waals surface area contributed by atoms with Crippen molar-refractivity contribution in [1.29, 1.82) is 0 Å². The monoisotopic (exact) mass is 329 g/mol. The molecule has 0 amide bonds. The van der Waals surface area contributed by atoms with Gasteiger partial charge in [-0.3, -0.25) is 10.1 Å². The average molecular weight is 329 g/mol. The van der Waals surface area contributed by atoms with Crippen LogP contribution in [0.1, 0.15) is 5.56 Å². The lowest BCUT2D eigenvalue weighted by Crippen LogP contribution is -2.02. The van der Waals surface area contributed by atoms with E-state index < -0.39 is 0 Å². The molecule has 4 rings (SSSR count). The number of hydrogen-bond acceptors (Lipinski definition) is 3. The summed E-state index contributed by atoms with van der Waals surface area (Å²) in [6.45, 7) is 0.600. The second-order valence-corrected chi connectivity index (χ2v) is 5.80. The molecule has 0 unspecified atom stereocenters. The van der Waals surface area contributed by atoms with Crippen LogP contribution < -0.4 is 0 Å². The zero-order chi connectivity index (χ0) is 17.2. The van der Waals surface area contributed by atoms with Crippen LogP contribution in [0.15, 0.2) is 78.9 Å². The molecule has 0 saturated heterocycles. The molecule has 0 aliphatic carbocycles. The minimum absolute atomic E-state index is 0.0707. The molecule has 0 spiro atoms. The second-order valence-electron chi connectivity index (χ2n) is 5.80. The Labute approximate surface area is 144 Å². The topological polar surface area (TPSA) is 61.0 Å². The van der Waals surface area contributed by atoms with Gasteiger partial charge in [-0.15, -0.1) is 0 Å². The number of nitrogens with zero attached hydrogens (tertiary/aromatic N) is 3. The molecule has 4 aromatic rings. The highest BCUT2D eigenvalue weighted by Crippen LogP contribution is 2.28. The van der Waals surface area contributed by atoms with Crippen LogP contribution in [-0.4, -0.2) is 14.5 Å². The molecule has 1 aromatic heterocycles. The predicted octanol–water partition coefficient (Wildman–Crippen LogP) is 4.66. The third-order valence-corrected chi connectivity index (χ3v) is 4.16. The van der Waals surface area contributed by atoms with Gasteiger partial charge in [0.25, 0.3) is 5.69 Å². The second kappa shape index (κ2) is 6.20. The van der Waals surface area contributed by atoms with Crippen molar-refractivity contribution in [2.75, 3.05) is 0 Å². The molecule has 122 valence electrons. The lowest BCUT2D eigenvalue weighted by molar-refractivity contribution is -0.384. The molecule has 0 atom stereocenters. The van der Waals surface area contributed by atoms with Crippen molar-refractivity contribution < 1.29 is 4.92 Å². The van der Waals surface area contributed by atoms with Gasteiger partial charge < -0.3 is 4.57 Å². The molecule has 5 nitrogen and oxygen atoms in total. The van der Waals surface area contributed by atoms with E-state index in [9.17, 15) is 10.1 Å². The number of benzene rings is 3. The van der Waals surface area contributed by atoms with E-state index in [1.165, 1.54) is 6.07 Å². The summed E-state index contributed by atoms with van der Waals surface area (Å²) in [5.41, 5.74) is 3.68. The summed E-state index contributed by atoms with van der Waals surface area (Å²) in [6.07, 6.45) is 0. The highest BCUT2D eigenvalue weighted by atomic mass is 16.6. The minimum Gasteiger partial charge on any atom is -0.319 e. The maximum Gasteiger partial charge on any atom is 0.271 e. The van der Waals surface area contributed by atoms with E-state index in [4.69, 9.17) is 4.98 Å². The first-order valence-corrected chi connectivity index (χ1v) is 7.96. The third kappa shape index (κ3) is 2.87. The number of hydrogen-bond donors (Lipinski definition) is 0.